The number of nitrogens with one attached hydrogen (secondary N) is 1. The zero-order valence-corrected chi connectivity index (χ0v) is 15.3. The van der Waals surface area contributed by atoms with Crippen LogP contribution in [0, 0.1) is 11.3 Å². The molecule has 0 aliphatic carbocycles. The molecule has 0 bridgehead atoms. The SMILES string of the molecule is CC(C)(C(=O)NCCCCN1CCCC1CO)c1cccc(C#N)c1. The molecule has 1 saturated heterocycles. The molecule has 1 unspecified atom stereocenters. The van der Waals surface area contributed by atoms with Crippen LogP contribution in [0.25, 0.3) is 0 Å². The number of unbranched alkanes of at least 4 members (excludes halogenated alkanes) is 1. The van der Waals surface area contributed by atoms with E-state index >= 15 is 0 Å². The highest BCUT2D eigenvalue weighted by Gasteiger charge is 2.29. The number of carbonyl (C=O) groups excluding carboxylic acids is 1. The van der Waals surface area contributed by atoms with Crippen molar-refractivity contribution in [2.45, 2.75) is 51.0 Å². The van der Waals surface area contributed by atoms with Crippen molar-refractivity contribution in [3.63, 3.8) is 0 Å². The Morgan fingerprint density at radius 1 is 1.44 bits per heavy atom. The van der Waals surface area contributed by atoms with Crippen molar-refractivity contribution in [2.24, 2.45) is 0 Å². The third-order valence-electron chi connectivity index (χ3n) is 5.15. The van der Waals surface area contributed by atoms with Crippen LogP contribution in [-0.2, 0) is 10.2 Å². The number of benzene rings is 1. The van der Waals surface area contributed by atoms with Gasteiger partial charge in [0.1, 0.15) is 0 Å². The number of hydrogen-bond donors (Lipinski definition) is 2. The molecule has 0 spiro atoms. The molecule has 1 atom stereocenters. The van der Waals surface area contributed by atoms with Crippen molar-refractivity contribution < 1.29 is 9.90 Å². The zero-order valence-electron chi connectivity index (χ0n) is 15.3. The number of nitrogens with zero attached hydrogens (tertiary/aromatic N) is 2. The number of hydrogen-bond acceptors (Lipinski definition) is 4. The lowest BCUT2D eigenvalue weighted by Crippen LogP contribution is -2.40. The number of amides is 1. The van der Waals surface area contributed by atoms with Gasteiger partial charge in [0.05, 0.1) is 23.7 Å². The fraction of sp³-hybridized carbons (Fsp3) is 0.600. The van der Waals surface area contributed by atoms with Crippen LogP contribution in [0.15, 0.2) is 24.3 Å². The zero-order chi connectivity index (χ0) is 18.3. The fourth-order valence-electron chi connectivity index (χ4n) is 3.37. The number of aliphatic hydroxyl groups is 1. The van der Waals surface area contributed by atoms with Crippen LogP contribution in [0.2, 0.25) is 0 Å². The summed E-state index contributed by atoms with van der Waals surface area (Å²) >= 11 is 0. The molecule has 1 aromatic rings. The number of aliphatic hydroxyl groups excluding tert-OH is 1. The van der Waals surface area contributed by atoms with Crippen LogP contribution < -0.4 is 5.32 Å². The molecule has 1 aliphatic heterocycles. The summed E-state index contributed by atoms with van der Waals surface area (Å²) in [6.45, 7) is 6.71. The summed E-state index contributed by atoms with van der Waals surface area (Å²) in [4.78, 5) is 14.9. The predicted molar refractivity (Wildman–Crippen MR) is 98.1 cm³/mol. The second-order valence-electron chi connectivity index (χ2n) is 7.30. The van der Waals surface area contributed by atoms with Crippen molar-refractivity contribution in [2.75, 3.05) is 26.2 Å². The third kappa shape index (κ3) is 5.04. The fourth-order valence-corrected chi connectivity index (χ4v) is 3.37. The minimum atomic E-state index is -0.663. The lowest BCUT2D eigenvalue weighted by molar-refractivity contribution is -0.125. The van der Waals surface area contributed by atoms with Gasteiger partial charge in [0.2, 0.25) is 5.91 Å². The third-order valence-corrected chi connectivity index (χ3v) is 5.15. The second-order valence-corrected chi connectivity index (χ2v) is 7.30. The van der Waals surface area contributed by atoms with Crippen molar-refractivity contribution in [3.8, 4) is 6.07 Å². The lowest BCUT2D eigenvalue weighted by atomic mass is 9.83. The summed E-state index contributed by atoms with van der Waals surface area (Å²) in [5, 5.41) is 21.4. The Bertz CT molecular complexity index is 622. The Balaban J connectivity index is 1.76. The normalized spacial score (nSPS) is 18.1. The van der Waals surface area contributed by atoms with Gasteiger partial charge in [-0.1, -0.05) is 12.1 Å². The van der Waals surface area contributed by atoms with Gasteiger partial charge in [0.15, 0.2) is 0 Å². The van der Waals surface area contributed by atoms with E-state index in [1.54, 1.807) is 12.1 Å². The van der Waals surface area contributed by atoms with Crippen LogP contribution in [0.4, 0.5) is 0 Å². The highest BCUT2D eigenvalue weighted by molar-refractivity contribution is 5.87. The van der Waals surface area contributed by atoms with Gasteiger partial charge in [-0.15, -0.1) is 0 Å². The largest absolute Gasteiger partial charge is 0.395 e. The molecule has 1 fully saturated rings. The first kappa shape index (κ1) is 19.4. The van der Waals surface area contributed by atoms with Gasteiger partial charge in [0, 0.05) is 12.6 Å². The van der Waals surface area contributed by atoms with E-state index in [4.69, 9.17) is 5.26 Å². The molecular weight excluding hydrogens is 314 g/mol. The van der Waals surface area contributed by atoms with E-state index in [0.29, 0.717) is 18.2 Å². The maximum absolute atomic E-state index is 12.5. The first-order valence-electron chi connectivity index (χ1n) is 9.13. The number of nitriles is 1. The molecule has 1 heterocycles. The molecule has 136 valence electrons. The van der Waals surface area contributed by atoms with Gasteiger partial charge in [-0.3, -0.25) is 9.69 Å². The second kappa shape index (κ2) is 8.98. The van der Waals surface area contributed by atoms with Crippen LogP contribution in [-0.4, -0.2) is 48.2 Å². The minimum absolute atomic E-state index is 0.0167. The van der Waals surface area contributed by atoms with Crippen LogP contribution in [0.1, 0.15) is 50.7 Å². The lowest BCUT2D eigenvalue weighted by Gasteiger charge is -2.25. The van der Waals surface area contributed by atoms with Gasteiger partial charge < -0.3 is 10.4 Å². The Morgan fingerprint density at radius 2 is 2.24 bits per heavy atom. The van der Waals surface area contributed by atoms with Crippen molar-refractivity contribution in [1.29, 1.82) is 5.26 Å². The molecule has 2 N–H and O–H groups in total. The first-order chi connectivity index (χ1) is 12.0. The molecule has 25 heavy (non-hydrogen) atoms. The van der Waals surface area contributed by atoms with Crippen molar-refractivity contribution >= 4 is 5.91 Å². The summed E-state index contributed by atoms with van der Waals surface area (Å²) in [5.74, 6) is -0.0167. The average molecular weight is 343 g/mol. The van der Waals surface area contributed by atoms with E-state index in [1.807, 2.05) is 26.0 Å². The molecule has 2 rings (SSSR count). The molecule has 0 radical (unpaired) electrons. The van der Waals surface area contributed by atoms with E-state index in [0.717, 1.165) is 44.3 Å². The van der Waals surface area contributed by atoms with Gasteiger partial charge in [-0.25, -0.2) is 0 Å². The van der Waals surface area contributed by atoms with Crippen molar-refractivity contribution in [3.05, 3.63) is 35.4 Å². The molecule has 5 heteroatoms. The predicted octanol–water partition coefficient (Wildman–Crippen LogP) is 2.19. The quantitative estimate of drug-likeness (QED) is 0.710. The summed E-state index contributed by atoms with van der Waals surface area (Å²) in [7, 11) is 0. The van der Waals surface area contributed by atoms with Crippen molar-refractivity contribution in [1.82, 2.24) is 10.2 Å². The van der Waals surface area contributed by atoms with E-state index < -0.39 is 5.41 Å². The number of carbonyl (C=O) groups is 1. The monoisotopic (exact) mass is 343 g/mol. The van der Waals surface area contributed by atoms with Gasteiger partial charge in [-0.2, -0.15) is 5.26 Å². The maximum atomic E-state index is 12.5. The van der Waals surface area contributed by atoms with E-state index in [2.05, 4.69) is 16.3 Å². The Labute approximate surface area is 150 Å². The molecule has 0 aromatic heterocycles. The van der Waals surface area contributed by atoms with Gasteiger partial charge in [0.25, 0.3) is 0 Å². The number of rotatable bonds is 8. The Kier molecular flexibility index (Phi) is 6.98. The summed E-state index contributed by atoms with van der Waals surface area (Å²) < 4.78 is 0. The van der Waals surface area contributed by atoms with Crippen LogP contribution >= 0.6 is 0 Å². The Hall–Kier alpha value is -1.90. The molecule has 1 aliphatic rings. The Morgan fingerprint density at radius 3 is 2.96 bits per heavy atom. The van der Waals surface area contributed by atoms with E-state index in [-0.39, 0.29) is 12.5 Å². The molecule has 1 aromatic carbocycles. The van der Waals surface area contributed by atoms with E-state index in [9.17, 15) is 9.90 Å². The highest BCUT2D eigenvalue weighted by atomic mass is 16.3. The summed E-state index contributed by atoms with van der Waals surface area (Å²) in [5.41, 5.74) is 0.762. The maximum Gasteiger partial charge on any atom is 0.230 e. The molecular formula is C20H29N3O2. The highest BCUT2D eigenvalue weighted by Crippen LogP contribution is 2.24. The molecule has 1 amide bonds. The van der Waals surface area contributed by atoms with Crippen LogP contribution in [0.3, 0.4) is 0 Å². The smallest absolute Gasteiger partial charge is 0.230 e. The van der Waals surface area contributed by atoms with Gasteiger partial charge >= 0.3 is 0 Å². The number of likely N-dealkylation sites (tertiary alicyclic amines) is 1. The first-order valence-corrected chi connectivity index (χ1v) is 9.13. The average Bonchev–Trinajstić information content (AvgIpc) is 3.08. The van der Waals surface area contributed by atoms with E-state index in [1.165, 1.54) is 0 Å². The molecule has 5 nitrogen and oxygen atoms in total. The van der Waals surface area contributed by atoms with Crippen LogP contribution in [0.5, 0.6) is 0 Å². The minimum Gasteiger partial charge on any atom is -0.395 e. The van der Waals surface area contributed by atoms with Gasteiger partial charge in [-0.05, 0) is 70.3 Å². The summed E-state index contributed by atoms with van der Waals surface area (Å²) in [6, 6.07) is 9.67. The standard InChI is InChI=1S/C20H29N3O2/c1-20(2,17-8-5-7-16(13-17)14-21)19(25)22-10-3-4-11-23-12-6-9-18(23)15-24/h5,7-8,13,18,24H,3-4,6,9-12,15H2,1-2H3,(H,22,25). The summed E-state index contributed by atoms with van der Waals surface area (Å²) in [6.07, 6.45) is 4.19. The molecule has 0 saturated carbocycles. The topological polar surface area (TPSA) is 76.4 Å².